The quantitative estimate of drug-likeness (QED) is 0.809. The summed E-state index contributed by atoms with van der Waals surface area (Å²) in [5, 5.41) is 2.91. The molecule has 4 unspecified atom stereocenters. The first-order valence-electron chi connectivity index (χ1n) is 5.78. The highest BCUT2D eigenvalue weighted by atomic mass is 32.2. The van der Waals surface area contributed by atoms with Gasteiger partial charge in [-0.2, -0.15) is 0 Å². The molecule has 0 radical (unpaired) electrons. The molecule has 0 aliphatic heterocycles. The molecule has 1 aromatic carbocycles. The SMILES string of the molecule is O=S(O)C(F)C(F)CNC1CCc2ccccc21. The normalized spacial score (nSPS) is 23.4. The summed E-state index contributed by atoms with van der Waals surface area (Å²) in [5.74, 6) is 0. The topological polar surface area (TPSA) is 49.3 Å². The van der Waals surface area contributed by atoms with Crippen LogP contribution in [0, 0.1) is 0 Å². The van der Waals surface area contributed by atoms with Gasteiger partial charge in [0.05, 0.1) is 0 Å². The van der Waals surface area contributed by atoms with E-state index in [0.717, 1.165) is 18.4 Å². The summed E-state index contributed by atoms with van der Waals surface area (Å²) in [6, 6.07) is 7.84. The minimum Gasteiger partial charge on any atom is -0.307 e. The van der Waals surface area contributed by atoms with Crippen LogP contribution >= 0.6 is 0 Å². The van der Waals surface area contributed by atoms with Crippen molar-refractivity contribution in [3.8, 4) is 0 Å². The first-order chi connectivity index (χ1) is 8.59. The second-order valence-corrected chi connectivity index (χ2v) is 5.34. The van der Waals surface area contributed by atoms with Crippen molar-refractivity contribution in [1.29, 1.82) is 0 Å². The Morgan fingerprint density at radius 2 is 2.17 bits per heavy atom. The van der Waals surface area contributed by atoms with Crippen molar-refractivity contribution in [2.24, 2.45) is 0 Å². The smallest absolute Gasteiger partial charge is 0.232 e. The zero-order valence-electron chi connectivity index (χ0n) is 9.68. The van der Waals surface area contributed by atoms with Crippen LogP contribution in [0.3, 0.4) is 0 Å². The Hall–Kier alpha value is -0.850. The number of aryl methyl sites for hydroxylation is 1. The molecular weight excluding hydrogens is 260 g/mol. The molecule has 6 heteroatoms. The Kier molecular flexibility index (Phi) is 4.42. The standard InChI is InChI=1S/C12H15F2NO2S/c13-10(12(14)18(16)17)7-15-11-6-5-8-3-1-2-4-9(8)11/h1-4,10-12,15H,5-7H2,(H,16,17). The number of fused-ring (bicyclic) bond motifs is 1. The van der Waals surface area contributed by atoms with Gasteiger partial charge in [-0.05, 0) is 24.0 Å². The molecule has 0 bridgehead atoms. The predicted molar refractivity (Wildman–Crippen MR) is 66.1 cm³/mol. The zero-order valence-corrected chi connectivity index (χ0v) is 10.5. The van der Waals surface area contributed by atoms with E-state index >= 15 is 0 Å². The van der Waals surface area contributed by atoms with Crippen LogP contribution in [0.2, 0.25) is 0 Å². The van der Waals surface area contributed by atoms with Gasteiger partial charge >= 0.3 is 0 Å². The van der Waals surface area contributed by atoms with Crippen molar-refractivity contribution in [3.05, 3.63) is 35.4 Å². The third kappa shape index (κ3) is 2.93. The molecule has 1 aromatic rings. The molecule has 0 saturated heterocycles. The molecule has 0 spiro atoms. The van der Waals surface area contributed by atoms with E-state index in [1.54, 1.807) is 0 Å². The van der Waals surface area contributed by atoms with Gasteiger partial charge in [0.1, 0.15) is 0 Å². The molecule has 0 heterocycles. The predicted octanol–water partition coefficient (Wildman–Crippen LogP) is 2.12. The van der Waals surface area contributed by atoms with E-state index in [4.69, 9.17) is 4.55 Å². The maximum absolute atomic E-state index is 13.3. The van der Waals surface area contributed by atoms with Crippen molar-refractivity contribution >= 4 is 11.1 Å². The fraction of sp³-hybridized carbons (Fsp3) is 0.500. The van der Waals surface area contributed by atoms with E-state index in [9.17, 15) is 13.0 Å². The van der Waals surface area contributed by atoms with Gasteiger partial charge in [0.15, 0.2) is 17.3 Å². The fourth-order valence-corrected chi connectivity index (χ4v) is 2.59. The van der Waals surface area contributed by atoms with Gasteiger partial charge in [-0.3, -0.25) is 0 Å². The number of rotatable bonds is 5. The lowest BCUT2D eigenvalue weighted by Crippen LogP contribution is -2.34. The Labute approximate surface area is 107 Å². The Morgan fingerprint density at radius 3 is 2.89 bits per heavy atom. The van der Waals surface area contributed by atoms with Crippen molar-refractivity contribution in [1.82, 2.24) is 5.32 Å². The number of benzene rings is 1. The molecule has 0 saturated carbocycles. The average Bonchev–Trinajstić information content (AvgIpc) is 2.78. The van der Waals surface area contributed by atoms with E-state index in [-0.39, 0.29) is 12.6 Å². The fourth-order valence-electron chi connectivity index (χ4n) is 2.24. The molecule has 1 aliphatic rings. The third-order valence-electron chi connectivity index (χ3n) is 3.17. The molecular formula is C12H15F2NO2S. The highest BCUT2D eigenvalue weighted by molar-refractivity contribution is 7.79. The lowest BCUT2D eigenvalue weighted by atomic mass is 10.1. The summed E-state index contributed by atoms with van der Waals surface area (Å²) in [7, 11) is 0. The van der Waals surface area contributed by atoms with E-state index < -0.39 is 22.8 Å². The van der Waals surface area contributed by atoms with Crippen LogP contribution in [0.15, 0.2) is 24.3 Å². The summed E-state index contributed by atoms with van der Waals surface area (Å²) >= 11 is -2.77. The molecule has 4 atom stereocenters. The minimum absolute atomic E-state index is 0.00113. The lowest BCUT2D eigenvalue weighted by Gasteiger charge is -2.17. The molecule has 0 aromatic heterocycles. The van der Waals surface area contributed by atoms with Crippen LogP contribution in [0.5, 0.6) is 0 Å². The first kappa shape index (κ1) is 13.6. The summed E-state index contributed by atoms with van der Waals surface area (Å²) in [6.45, 7) is -0.257. The van der Waals surface area contributed by atoms with Crippen LogP contribution in [0.4, 0.5) is 8.78 Å². The number of nitrogens with one attached hydrogen (secondary N) is 1. The highest BCUT2D eigenvalue weighted by Gasteiger charge is 2.28. The molecule has 0 amide bonds. The van der Waals surface area contributed by atoms with Gasteiger partial charge < -0.3 is 9.87 Å². The minimum atomic E-state index is -2.77. The Morgan fingerprint density at radius 1 is 1.44 bits per heavy atom. The Bertz CT molecular complexity index is 444. The van der Waals surface area contributed by atoms with E-state index in [1.807, 2.05) is 24.3 Å². The zero-order chi connectivity index (χ0) is 13.1. The van der Waals surface area contributed by atoms with Gasteiger partial charge in [-0.25, -0.2) is 13.0 Å². The highest BCUT2D eigenvalue weighted by Crippen LogP contribution is 2.30. The van der Waals surface area contributed by atoms with Crippen LogP contribution < -0.4 is 5.32 Å². The molecule has 2 N–H and O–H groups in total. The molecule has 3 nitrogen and oxygen atoms in total. The van der Waals surface area contributed by atoms with Crippen LogP contribution in [-0.4, -0.2) is 27.0 Å². The van der Waals surface area contributed by atoms with Gasteiger partial charge in [-0.15, -0.1) is 0 Å². The van der Waals surface area contributed by atoms with E-state index in [2.05, 4.69) is 5.32 Å². The summed E-state index contributed by atoms with van der Waals surface area (Å²) in [4.78, 5) is 0. The average molecular weight is 275 g/mol. The summed E-state index contributed by atoms with van der Waals surface area (Å²) in [6.07, 6.45) is -0.218. The molecule has 0 fully saturated rings. The van der Waals surface area contributed by atoms with Crippen LogP contribution in [0.1, 0.15) is 23.6 Å². The van der Waals surface area contributed by atoms with Gasteiger partial charge in [-0.1, -0.05) is 24.3 Å². The molecule has 100 valence electrons. The number of hydrogen-bond acceptors (Lipinski definition) is 2. The number of hydrogen-bond donors (Lipinski definition) is 2. The van der Waals surface area contributed by atoms with Crippen molar-refractivity contribution in [3.63, 3.8) is 0 Å². The second-order valence-electron chi connectivity index (χ2n) is 4.34. The van der Waals surface area contributed by atoms with Gasteiger partial charge in [0.2, 0.25) is 5.50 Å². The van der Waals surface area contributed by atoms with Gasteiger partial charge in [0.25, 0.3) is 0 Å². The number of alkyl halides is 2. The third-order valence-corrected chi connectivity index (χ3v) is 3.85. The molecule has 1 aliphatic carbocycles. The molecule has 2 rings (SSSR count). The van der Waals surface area contributed by atoms with E-state index in [1.165, 1.54) is 5.56 Å². The first-order valence-corrected chi connectivity index (χ1v) is 6.95. The van der Waals surface area contributed by atoms with Crippen molar-refractivity contribution < 1.29 is 17.5 Å². The van der Waals surface area contributed by atoms with Crippen LogP contribution in [-0.2, 0) is 17.5 Å². The summed E-state index contributed by atoms with van der Waals surface area (Å²) in [5.41, 5.74) is -0.0349. The summed E-state index contributed by atoms with van der Waals surface area (Å²) < 4.78 is 45.1. The second kappa shape index (κ2) is 5.86. The molecule has 18 heavy (non-hydrogen) atoms. The van der Waals surface area contributed by atoms with Gasteiger partial charge in [0, 0.05) is 12.6 Å². The maximum atomic E-state index is 13.3. The Balaban J connectivity index is 1.91. The largest absolute Gasteiger partial charge is 0.307 e. The lowest BCUT2D eigenvalue weighted by molar-refractivity contribution is 0.212. The maximum Gasteiger partial charge on any atom is 0.232 e. The van der Waals surface area contributed by atoms with Crippen molar-refractivity contribution in [2.75, 3.05) is 6.54 Å². The van der Waals surface area contributed by atoms with E-state index in [0.29, 0.717) is 0 Å². The van der Waals surface area contributed by atoms with Crippen molar-refractivity contribution in [2.45, 2.75) is 30.6 Å². The van der Waals surface area contributed by atoms with Crippen LogP contribution in [0.25, 0.3) is 0 Å². The number of halogens is 2. The monoisotopic (exact) mass is 275 g/mol.